The lowest BCUT2D eigenvalue weighted by atomic mass is 9.99. The van der Waals surface area contributed by atoms with Crippen LogP contribution in [0.4, 0.5) is 0 Å². The molecule has 0 aliphatic heterocycles. The smallest absolute Gasteiger partial charge is 0.303 e. The third kappa shape index (κ3) is 3.54. The Hall–Kier alpha value is -2.74. The van der Waals surface area contributed by atoms with E-state index >= 15 is 0 Å². The molecule has 0 saturated heterocycles. The molecule has 120 valence electrons. The van der Waals surface area contributed by atoms with Gasteiger partial charge in [-0.2, -0.15) is 5.26 Å². The number of ether oxygens (including phenoxy) is 1. The van der Waals surface area contributed by atoms with Crippen LogP contribution < -0.4 is 4.74 Å². The minimum atomic E-state index is -0.795. The molecule has 2 aromatic rings. The van der Waals surface area contributed by atoms with Gasteiger partial charge in [0.15, 0.2) is 0 Å². The van der Waals surface area contributed by atoms with Gasteiger partial charge < -0.3 is 14.8 Å². The first-order valence-electron chi connectivity index (χ1n) is 7.43. The van der Waals surface area contributed by atoms with Crippen LogP contribution in [0.2, 0.25) is 0 Å². The zero-order chi connectivity index (χ0) is 17.0. The summed E-state index contributed by atoms with van der Waals surface area (Å²) in [5, 5.41) is 18.8. The minimum absolute atomic E-state index is 0.129. The summed E-state index contributed by atoms with van der Waals surface area (Å²) < 4.78 is 5.53. The Labute approximate surface area is 135 Å². The number of aryl methyl sites for hydroxylation is 1. The number of nitrogens with zero attached hydrogens (tertiary/aromatic N) is 1. The van der Waals surface area contributed by atoms with Crippen molar-refractivity contribution in [2.75, 3.05) is 7.11 Å². The number of fused-ring (bicyclic) bond motifs is 1. The molecule has 0 aliphatic carbocycles. The van der Waals surface area contributed by atoms with Gasteiger partial charge in [-0.3, -0.25) is 4.79 Å². The van der Waals surface area contributed by atoms with Crippen LogP contribution in [0.1, 0.15) is 36.5 Å². The van der Waals surface area contributed by atoms with Crippen molar-refractivity contribution in [1.29, 1.82) is 5.26 Å². The number of benzene rings is 1. The number of allylic oxidation sites excluding steroid dienone is 2. The fourth-order valence-electron chi connectivity index (χ4n) is 2.72. The van der Waals surface area contributed by atoms with Crippen LogP contribution in [0.15, 0.2) is 23.9 Å². The van der Waals surface area contributed by atoms with E-state index in [0.29, 0.717) is 18.4 Å². The largest absolute Gasteiger partial charge is 0.496 e. The highest BCUT2D eigenvalue weighted by Gasteiger charge is 2.15. The highest BCUT2D eigenvalue weighted by Crippen LogP contribution is 2.33. The van der Waals surface area contributed by atoms with E-state index in [1.807, 2.05) is 26.0 Å². The van der Waals surface area contributed by atoms with Crippen LogP contribution in [-0.2, 0) is 11.2 Å². The topological polar surface area (TPSA) is 86.1 Å². The molecule has 1 heterocycles. The average molecular weight is 312 g/mol. The normalized spacial score (nSPS) is 11.5. The second kappa shape index (κ2) is 7.01. The molecule has 5 nitrogen and oxygen atoms in total. The Morgan fingerprint density at radius 2 is 2.22 bits per heavy atom. The van der Waals surface area contributed by atoms with E-state index in [4.69, 9.17) is 9.84 Å². The van der Waals surface area contributed by atoms with Crippen LogP contribution in [0.25, 0.3) is 10.9 Å². The summed E-state index contributed by atoms with van der Waals surface area (Å²) in [6, 6.07) is 4.14. The number of carboxylic acid groups (broad SMARTS) is 1. The number of nitriles is 1. The molecule has 0 amide bonds. The van der Waals surface area contributed by atoms with Gasteiger partial charge in [0.1, 0.15) is 11.8 Å². The van der Waals surface area contributed by atoms with E-state index in [0.717, 1.165) is 33.4 Å². The van der Waals surface area contributed by atoms with Crippen molar-refractivity contribution < 1.29 is 14.6 Å². The second-order valence-electron chi connectivity index (χ2n) is 5.59. The van der Waals surface area contributed by atoms with Crippen molar-refractivity contribution >= 4 is 16.9 Å². The summed E-state index contributed by atoms with van der Waals surface area (Å²) in [6.45, 7) is 3.88. The van der Waals surface area contributed by atoms with Crippen LogP contribution in [-0.4, -0.2) is 23.2 Å². The molecular weight excluding hydrogens is 292 g/mol. The van der Waals surface area contributed by atoms with E-state index in [9.17, 15) is 10.1 Å². The number of carbonyl (C=O) groups is 1. The highest BCUT2D eigenvalue weighted by molar-refractivity contribution is 5.91. The van der Waals surface area contributed by atoms with Crippen molar-refractivity contribution in [3.8, 4) is 11.8 Å². The van der Waals surface area contributed by atoms with Crippen LogP contribution in [0, 0.1) is 18.3 Å². The fraction of sp³-hybridized carbons (Fsp3) is 0.333. The predicted molar refractivity (Wildman–Crippen MR) is 88.6 cm³/mol. The number of hydrogen-bond donors (Lipinski definition) is 2. The lowest BCUT2D eigenvalue weighted by molar-refractivity contribution is -0.136. The van der Waals surface area contributed by atoms with Gasteiger partial charge in [-0.15, -0.1) is 0 Å². The lowest BCUT2D eigenvalue weighted by Crippen LogP contribution is -1.97. The molecule has 0 unspecified atom stereocenters. The Morgan fingerprint density at radius 1 is 1.48 bits per heavy atom. The standard InChI is InChI=1S/C18H20N2O3/c1-11(5-7-16(21)22)4-6-14-17-15(13(9-19)10-20-17)8-12(2)18(14)23-3/h4,8,10,20H,5-7H2,1-3H3,(H,21,22)/b11-4+. The molecule has 0 fully saturated rings. The first kappa shape index (κ1) is 16.6. The fourth-order valence-corrected chi connectivity index (χ4v) is 2.72. The molecule has 0 atom stereocenters. The molecule has 0 radical (unpaired) electrons. The Kier molecular flexibility index (Phi) is 5.07. The number of rotatable bonds is 6. The van der Waals surface area contributed by atoms with E-state index in [1.165, 1.54) is 0 Å². The number of aromatic nitrogens is 1. The van der Waals surface area contributed by atoms with Crippen molar-refractivity contribution in [1.82, 2.24) is 4.98 Å². The maximum absolute atomic E-state index is 10.7. The van der Waals surface area contributed by atoms with Gasteiger partial charge in [0.05, 0.1) is 18.2 Å². The molecule has 0 bridgehead atoms. The van der Waals surface area contributed by atoms with Gasteiger partial charge in [-0.25, -0.2) is 0 Å². The SMILES string of the molecule is COc1c(C)cc2c(C#N)c[nH]c2c1C/C=C(\C)CCC(=O)O. The van der Waals surface area contributed by atoms with Crippen molar-refractivity contribution in [3.63, 3.8) is 0 Å². The molecule has 2 N–H and O–H groups in total. The van der Waals surface area contributed by atoms with Crippen molar-refractivity contribution in [2.24, 2.45) is 0 Å². The quantitative estimate of drug-likeness (QED) is 0.796. The van der Waals surface area contributed by atoms with Crippen LogP contribution in [0.5, 0.6) is 5.75 Å². The third-order valence-electron chi connectivity index (χ3n) is 3.93. The Bertz CT molecular complexity index is 810. The summed E-state index contributed by atoms with van der Waals surface area (Å²) >= 11 is 0. The first-order valence-corrected chi connectivity index (χ1v) is 7.43. The second-order valence-corrected chi connectivity index (χ2v) is 5.59. The van der Waals surface area contributed by atoms with E-state index < -0.39 is 5.97 Å². The molecule has 5 heteroatoms. The van der Waals surface area contributed by atoms with Gasteiger partial charge in [-0.05, 0) is 38.3 Å². The van der Waals surface area contributed by atoms with Crippen molar-refractivity contribution in [3.05, 3.63) is 40.6 Å². The minimum Gasteiger partial charge on any atom is -0.496 e. The molecular formula is C18H20N2O3. The van der Waals surface area contributed by atoms with Crippen LogP contribution >= 0.6 is 0 Å². The zero-order valence-electron chi connectivity index (χ0n) is 13.6. The maximum Gasteiger partial charge on any atom is 0.303 e. The molecule has 2 rings (SSSR count). The van der Waals surface area contributed by atoms with Gasteiger partial charge in [0.25, 0.3) is 0 Å². The summed E-state index contributed by atoms with van der Waals surface area (Å²) in [5.41, 5.74) is 4.49. The van der Waals surface area contributed by atoms with Crippen LogP contribution in [0.3, 0.4) is 0 Å². The molecule has 1 aromatic carbocycles. The lowest BCUT2D eigenvalue weighted by Gasteiger charge is -2.12. The number of aliphatic carboxylic acids is 1. The molecule has 0 aliphatic rings. The monoisotopic (exact) mass is 312 g/mol. The summed E-state index contributed by atoms with van der Waals surface area (Å²) in [5.74, 6) is 0.00225. The Morgan fingerprint density at radius 3 is 2.83 bits per heavy atom. The summed E-state index contributed by atoms with van der Waals surface area (Å²) in [4.78, 5) is 13.8. The number of hydrogen-bond acceptors (Lipinski definition) is 3. The molecule has 1 aromatic heterocycles. The predicted octanol–water partition coefficient (Wildman–Crippen LogP) is 3.71. The summed E-state index contributed by atoms with van der Waals surface area (Å²) in [6.07, 6.45) is 5.00. The number of aromatic amines is 1. The van der Waals surface area contributed by atoms with Gasteiger partial charge in [-0.1, -0.05) is 11.6 Å². The van der Waals surface area contributed by atoms with Gasteiger partial charge in [0, 0.05) is 23.6 Å². The molecule has 0 spiro atoms. The first-order chi connectivity index (χ1) is 11.0. The molecule has 0 saturated carbocycles. The van der Waals surface area contributed by atoms with E-state index in [2.05, 4.69) is 11.1 Å². The molecule has 23 heavy (non-hydrogen) atoms. The number of carboxylic acids is 1. The van der Waals surface area contributed by atoms with E-state index in [1.54, 1.807) is 13.3 Å². The van der Waals surface area contributed by atoms with Gasteiger partial charge in [0.2, 0.25) is 0 Å². The zero-order valence-corrected chi connectivity index (χ0v) is 13.6. The van der Waals surface area contributed by atoms with E-state index in [-0.39, 0.29) is 6.42 Å². The van der Waals surface area contributed by atoms with Gasteiger partial charge >= 0.3 is 5.97 Å². The summed E-state index contributed by atoms with van der Waals surface area (Å²) in [7, 11) is 1.63. The van der Waals surface area contributed by atoms with Crippen molar-refractivity contribution in [2.45, 2.75) is 33.1 Å². The third-order valence-corrected chi connectivity index (χ3v) is 3.93. The number of nitrogens with one attached hydrogen (secondary N) is 1. The maximum atomic E-state index is 10.7. The number of H-pyrrole nitrogens is 1. The highest BCUT2D eigenvalue weighted by atomic mass is 16.5. The average Bonchev–Trinajstić information content (AvgIpc) is 2.92. The number of methoxy groups -OCH3 is 1. The Balaban J connectivity index is 2.42.